The van der Waals surface area contributed by atoms with Gasteiger partial charge in [0, 0.05) is 33.8 Å². The van der Waals surface area contributed by atoms with Crippen LogP contribution in [0.3, 0.4) is 0 Å². The Morgan fingerprint density at radius 2 is 1.73 bits per heavy atom. The second-order valence-electron chi connectivity index (χ2n) is 9.75. The van der Waals surface area contributed by atoms with E-state index in [2.05, 4.69) is 5.73 Å². The van der Waals surface area contributed by atoms with Crippen LogP contribution in [0.15, 0.2) is 60.7 Å². The van der Waals surface area contributed by atoms with Crippen LogP contribution >= 0.6 is 22.9 Å². The number of amides is 1. The minimum Gasteiger partial charge on any atom is -0.496 e. The number of thiophene rings is 1. The number of benzene rings is 3. The molecule has 5 rings (SSSR count). The summed E-state index contributed by atoms with van der Waals surface area (Å²) in [5.41, 5.74) is 7.85. The van der Waals surface area contributed by atoms with E-state index in [4.69, 9.17) is 16.3 Å². The number of carbonyl (C=O) groups is 2. The number of Topliss-reactive ketones (excluding diaryl/α,β-unsaturated/α-hetero) is 1. The Kier molecular flexibility index (Phi) is 9.95. The van der Waals surface area contributed by atoms with E-state index in [9.17, 15) is 14.0 Å². The Morgan fingerprint density at radius 3 is 2.40 bits per heavy atom. The van der Waals surface area contributed by atoms with Crippen molar-refractivity contribution in [2.24, 2.45) is 5.73 Å². The minimum absolute atomic E-state index is 0.00584. The van der Waals surface area contributed by atoms with Gasteiger partial charge in [0.25, 0.3) is 5.91 Å². The molecular formula is C32H34ClFN2O3S. The molecule has 1 aliphatic rings. The summed E-state index contributed by atoms with van der Waals surface area (Å²) in [6.07, 6.45) is 5.08. The number of hydrogen-bond acceptors (Lipinski definition) is 5. The molecule has 40 heavy (non-hydrogen) atoms. The Bertz CT molecular complexity index is 1510. The number of rotatable bonds is 7. The normalized spacial score (nSPS) is 13.4. The lowest BCUT2D eigenvalue weighted by molar-refractivity contribution is 0.0617. The van der Waals surface area contributed by atoms with Crippen molar-refractivity contribution in [1.82, 2.24) is 4.90 Å². The summed E-state index contributed by atoms with van der Waals surface area (Å²) in [5, 5.41) is 0.478. The highest BCUT2D eigenvalue weighted by Crippen LogP contribution is 2.39. The Hall–Kier alpha value is -3.26. The molecule has 0 spiro atoms. The number of methoxy groups -OCH3 is 1. The molecule has 1 fully saturated rings. The Balaban J connectivity index is 0.00000181. The first-order chi connectivity index (χ1) is 19.4. The molecule has 1 aromatic heterocycles. The second kappa shape index (κ2) is 13.4. The number of halogens is 2. The highest BCUT2D eigenvalue weighted by molar-refractivity contribution is 7.21. The summed E-state index contributed by atoms with van der Waals surface area (Å²) < 4.78 is 20.9. The highest BCUT2D eigenvalue weighted by Gasteiger charge is 2.31. The molecule has 0 radical (unpaired) electrons. The molecule has 0 bridgehead atoms. The van der Waals surface area contributed by atoms with E-state index in [0.29, 0.717) is 32.8 Å². The number of ether oxygens (including phenoxy) is 1. The lowest BCUT2D eigenvalue weighted by Gasteiger charge is -2.34. The SMILES string of the molecule is CN.COc1ccc(-c2cccc(C(C)=O)c2)cc1CN(C(=O)c1sc2cccc(F)c2c1Cl)C1CCCCC1. The van der Waals surface area contributed by atoms with Gasteiger partial charge in [0.15, 0.2) is 5.78 Å². The molecule has 1 saturated carbocycles. The maximum absolute atomic E-state index is 14.6. The van der Waals surface area contributed by atoms with Gasteiger partial charge in [0.05, 0.1) is 12.1 Å². The van der Waals surface area contributed by atoms with Gasteiger partial charge in [-0.15, -0.1) is 11.3 Å². The zero-order valence-electron chi connectivity index (χ0n) is 23.0. The molecule has 0 aliphatic heterocycles. The van der Waals surface area contributed by atoms with Crippen molar-refractivity contribution >= 4 is 44.7 Å². The molecule has 0 unspecified atom stereocenters. The van der Waals surface area contributed by atoms with Gasteiger partial charge in [-0.1, -0.05) is 61.2 Å². The van der Waals surface area contributed by atoms with Crippen molar-refractivity contribution in [3.05, 3.63) is 87.5 Å². The standard InChI is InChI=1S/C31H29ClFNO3S.CH5N/c1-19(35)20-8-6-9-21(16-20)22-14-15-26(37-2)23(17-22)18-34(24-10-4-3-5-11-24)31(36)30-29(32)28-25(33)12-7-13-27(28)38-30;1-2/h6-9,12-17,24H,3-5,10-11,18H2,1-2H3;2H2,1H3. The zero-order valence-corrected chi connectivity index (χ0v) is 24.6. The van der Waals surface area contributed by atoms with Crippen LogP contribution in [-0.2, 0) is 6.54 Å². The van der Waals surface area contributed by atoms with Gasteiger partial charge in [0.2, 0.25) is 0 Å². The quantitative estimate of drug-likeness (QED) is 0.224. The maximum Gasteiger partial charge on any atom is 0.266 e. The summed E-state index contributed by atoms with van der Waals surface area (Å²) >= 11 is 7.86. The summed E-state index contributed by atoms with van der Waals surface area (Å²) in [4.78, 5) is 28.3. The number of nitrogens with zero attached hydrogens (tertiary/aromatic N) is 1. The predicted octanol–water partition coefficient (Wildman–Crippen LogP) is 8.12. The van der Waals surface area contributed by atoms with E-state index < -0.39 is 5.82 Å². The summed E-state index contributed by atoms with van der Waals surface area (Å²) in [7, 11) is 3.12. The van der Waals surface area contributed by atoms with Crippen LogP contribution in [0.4, 0.5) is 4.39 Å². The van der Waals surface area contributed by atoms with Crippen molar-refractivity contribution < 1.29 is 18.7 Å². The summed E-state index contributed by atoms with van der Waals surface area (Å²) in [5.74, 6) is 0.0765. The molecule has 2 N–H and O–H groups in total. The average Bonchev–Trinajstić information content (AvgIpc) is 3.34. The van der Waals surface area contributed by atoms with E-state index in [1.165, 1.54) is 24.5 Å². The van der Waals surface area contributed by atoms with Crippen LogP contribution in [-0.4, -0.2) is 36.8 Å². The first-order valence-corrected chi connectivity index (χ1v) is 14.6. The molecule has 1 amide bonds. The largest absolute Gasteiger partial charge is 0.496 e. The lowest BCUT2D eigenvalue weighted by Crippen LogP contribution is -2.40. The van der Waals surface area contributed by atoms with E-state index in [0.717, 1.165) is 48.8 Å². The van der Waals surface area contributed by atoms with Gasteiger partial charge in [0.1, 0.15) is 16.4 Å². The molecular weight excluding hydrogens is 547 g/mol. The molecule has 1 aliphatic carbocycles. The van der Waals surface area contributed by atoms with Crippen LogP contribution in [0.25, 0.3) is 21.2 Å². The van der Waals surface area contributed by atoms with E-state index in [-0.39, 0.29) is 22.8 Å². The van der Waals surface area contributed by atoms with Gasteiger partial charge < -0.3 is 15.4 Å². The smallest absolute Gasteiger partial charge is 0.266 e. The number of nitrogens with two attached hydrogens (primary N) is 1. The van der Waals surface area contributed by atoms with Crippen LogP contribution in [0.5, 0.6) is 5.75 Å². The van der Waals surface area contributed by atoms with Gasteiger partial charge in [-0.05, 0) is 68.3 Å². The topological polar surface area (TPSA) is 72.6 Å². The molecule has 4 aromatic rings. The van der Waals surface area contributed by atoms with E-state index in [1.54, 1.807) is 32.2 Å². The Labute approximate surface area is 243 Å². The van der Waals surface area contributed by atoms with Crippen LogP contribution in [0, 0.1) is 5.82 Å². The van der Waals surface area contributed by atoms with Crippen LogP contribution in [0.1, 0.15) is 64.6 Å². The second-order valence-corrected chi connectivity index (χ2v) is 11.2. The third-order valence-corrected chi connectivity index (χ3v) is 8.93. The molecule has 3 aromatic carbocycles. The number of ketones is 1. The fourth-order valence-corrected chi connectivity index (χ4v) is 6.79. The average molecular weight is 581 g/mol. The van der Waals surface area contributed by atoms with Crippen LogP contribution < -0.4 is 10.5 Å². The maximum atomic E-state index is 14.6. The first kappa shape index (κ1) is 29.7. The molecule has 210 valence electrons. The molecule has 8 heteroatoms. The molecule has 5 nitrogen and oxygen atoms in total. The van der Waals surface area contributed by atoms with Crippen LogP contribution in [0.2, 0.25) is 5.02 Å². The highest BCUT2D eigenvalue weighted by atomic mass is 35.5. The van der Waals surface area contributed by atoms with Crippen molar-refractivity contribution in [3.63, 3.8) is 0 Å². The van der Waals surface area contributed by atoms with E-state index >= 15 is 0 Å². The third kappa shape index (κ3) is 6.22. The van der Waals surface area contributed by atoms with Crippen molar-refractivity contribution in [3.8, 4) is 16.9 Å². The number of carbonyl (C=O) groups excluding carboxylic acids is 2. The van der Waals surface area contributed by atoms with E-state index in [1.807, 2.05) is 41.3 Å². The van der Waals surface area contributed by atoms with Crippen molar-refractivity contribution in [1.29, 1.82) is 0 Å². The lowest BCUT2D eigenvalue weighted by atomic mass is 9.93. The van der Waals surface area contributed by atoms with Gasteiger partial charge >= 0.3 is 0 Å². The Morgan fingerprint density at radius 1 is 1.02 bits per heavy atom. The summed E-state index contributed by atoms with van der Waals surface area (Å²) in [6.45, 7) is 1.89. The van der Waals surface area contributed by atoms with Gasteiger partial charge in [-0.2, -0.15) is 0 Å². The zero-order chi connectivity index (χ0) is 28.8. The van der Waals surface area contributed by atoms with Gasteiger partial charge in [-0.3, -0.25) is 9.59 Å². The third-order valence-electron chi connectivity index (χ3n) is 7.30. The van der Waals surface area contributed by atoms with Crippen molar-refractivity contribution in [2.45, 2.75) is 51.6 Å². The molecule has 1 heterocycles. The summed E-state index contributed by atoms with van der Waals surface area (Å²) in [6, 6.07) is 18.2. The number of fused-ring (bicyclic) bond motifs is 1. The fraction of sp³-hybridized carbons (Fsp3) is 0.312. The fourth-order valence-electron chi connectivity index (χ4n) is 5.28. The van der Waals surface area contributed by atoms with Crippen molar-refractivity contribution in [2.75, 3.05) is 14.2 Å². The first-order valence-electron chi connectivity index (χ1n) is 13.4. The molecule has 0 saturated heterocycles. The number of hydrogen-bond donors (Lipinski definition) is 1. The van der Waals surface area contributed by atoms with Gasteiger partial charge in [-0.25, -0.2) is 4.39 Å². The molecule has 0 atom stereocenters. The minimum atomic E-state index is -0.422. The predicted molar refractivity (Wildman–Crippen MR) is 162 cm³/mol. The monoisotopic (exact) mass is 580 g/mol.